The summed E-state index contributed by atoms with van der Waals surface area (Å²) >= 11 is 18.1. The number of nitrogens with one attached hydrogen (secondary N) is 1. The maximum absolute atomic E-state index is 6.16. The third-order valence-electron chi connectivity index (χ3n) is 2.92. The molecule has 3 N–H and O–H groups in total. The largest absolute Gasteiger partial charge is 0.399 e. The van der Waals surface area contributed by atoms with Crippen molar-refractivity contribution >= 4 is 62.9 Å². The Labute approximate surface area is 135 Å². The molecule has 0 saturated carbocycles. The molecule has 0 spiro atoms. The second kappa shape index (κ2) is 5.56. The van der Waals surface area contributed by atoms with Crippen molar-refractivity contribution in [3.8, 4) is 0 Å². The van der Waals surface area contributed by atoms with Crippen molar-refractivity contribution in [2.24, 2.45) is 0 Å². The van der Waals surface area contributed by atoms with Gasteiger partial charge in [-0.3, -0.25) is 0 Å². The van der Waals surface area contributed by atoms with Gasteiger partial charge in [0.15, 0.2) is 0 Å². The number of nitrogen functional groups attached to an aromatic ring is 1. The van der Waals surface area contributed by atoms with Gasteiger partial charge in [0.25, 0.3) is 0 Å². The lowest BCUT2D eigenvalue weighted by molar-refractivity contribution is 1.22. The maximum Gasteiger partial charge on any atom is 0.141 e. The molecular formula is C14H9Cl3N4. The van der Waals surface area contributed by atoms with E-state index in [2.05, 4.69) is 15.3 Å². The molecule has 3 rings (SSSR count). The van der Waals surface area contributed by atoms with Crippen LogP contribution in [0.2, 0.25) is 15.1 Å². The lowest BCUT2D eigenvalue weighted by atomic mass is 10.2. The molecule has 0 atom stereocenters. The highest BCUT2D eigenvalue weighted by Gasteiger charge is 2.09. The number of aromatic nitrogens is 2. The minimum absolute atomic E-state index is 0.393. The number of anilines is 3. The molecular weight excluding hydrogens is 331 g/mol. The highest BCUT2D eigenvalue weighted by atomic mass is 35.5. The molecule has 0 bridgehead atoms. The molecule has 0 aliphatic carbocycles. The zero-order valence-electron chi connectivity index (χ0n) is 10.6. The summed E-state index contributed by atoms with van der Waals surface area (Å²) in [4.78, 5) is 8.42. The highest BCUT2D eigenvalue weighted by Crippen LogP contribution is 2.34. The molecule has 1 heterocycles. The van der Waals surface area contributed by atoms with Gasteiger partial charge in [0.05, 0.1) is 26.3 Å². The third kappa shape index (κ3) is 2.83. The Hall–Kier alpha value is -1.75. The van der Waals surface area contributed by atoms with Crippen LogP contribution in [0.4, 0.5) is 17.2 Å². The number of benzene rings is 2. The Morgan fingerprint density at radius 3 is 2.48 bits per heavy atom. The van der Waals surface area contributed by atoms with E-state index in [9.17, 15) is 0 Å². The average molecular weight is 340 g/mol. The maximum atomic E-state index is 6.16. The summed E-state index contributed by atoms with van der Waals surface area (Å²) in [6.07, 6.45) is 1.46. The van der Waals surface area contributed by atoms with Crippen LogP contribution in [0.25, 0.3) is 10.9 Å². The molecule has 0 amide bonds. The van der Waals surface area contributed by atoms with Gasteiger partial charge in [-0.1, -0.05) is 34.8 Å². The van der Waals surface area contributed by atoms with Gasteiger partial charge in [-0.15, -0.1) is 0 Å². The van der Waals surface area contributed by atoms with Crippen molar-refractivity contribution in [2.45, 2.75) is 0 Å². The SMILES string of the molecule is Nc1ccc2ncnc(Nc3cc(Cl)c(Cl)cc3Cl)c2c1. The predicted octanol–water partition coefficient (Wildman–Crippen LogP) is 4.92. The van der Waals surface area contributed by atoms with Gasteiger partial charge in [0, 0.05) is 11.1 Å². The Bertz CT molecular complexity index is 836. The number of hydrogen-bond acceptors (Lipinski definition) is 4. The number of halogens is 3. The van der Waals surface area contributed by atoms with E-state index >= 15 is 0 Å². The van der Waals surface area contributed by atoms with Crippen LogP contribution in [0.3, 0.4) is 0 Å². The minimum atomic E-state index is 0.393. The van der Waals surface area contributed by atoms with E-state index in [0.717, 1.165) is 10.9 Å². The number of nitrogens with two attached hydrogens (primary N) is 1. The van der Waals surface area contributed by atoms with Crippen LogP contribution in [0, 0.1) is 0 Å². The van der Waals surface area contributed by atoms with Crippen molar-refractivity contribution in [3.05, 3.63) is 51.7 Å². The molecule has 0 radical (unpaired) electrons. The summed E-state index contributed by atoms with van der Waals surface area (Å²) in [6.45, 7) is 0. The van der Waals surface area contributed by atoms with Gasteiger partial charge in [-0.2, -0.15) is 0 Å². The van der Waals surface area contributed by atoms with E-state index in [1.807, 2.05) is 6.07 Å². The predicted molar refractivity (Wildman–Crippen MR) is 88.7 cm³/mol. The second-order valence-electron chi connectivity index (χ2n) is 4.37. The molecule has 0 aliphatic heterocycles. The van der Waals surface area contributed by atoms with Crippen LogP contribution < -0.4 is 11.1 Å². The molecule has 1 aromatic heterocycles. The van der Waals surface area contributed by atoms with Gasteiger partial charge in [0.1, 0.15) is 12.1 Å². The summed E-state index contributed by atoms with van der Waals surface area (Å²) in [5.41, 5.74) is 7.82. The fourth-order valence-electron chi connectivity index (χ4n) is 1.92. The van der Waals surface area contributed by atoms with Crippen LogP contribution in [0.5, 0.6) is 0 Å². The van der Waals surface area contributed by atoms with E-state index in [1.54, 1.807) is 24.3 Å². The number of fused-ring (bicyclic) bond motifs is 1. The molecule has 106 valence electrons. The fourth-order valence-corrected chi connectivity index (χ4v) is 2.51. The summed E-state index contributed by atoms with van der Waals surface area (Å²) in [6, 6.07) is 8.63. The van der Waals surface area contributed by atoms with Crippen molar-refractivity contribution < 1.29 is 0 Å². The van der Waals surface area contributed by atoms with E-state index in [-0.39, 0.29) is 0 Å². The smallest absolute Gasteiger partial charge is 0.141 e. The molecule has 21 heavy (non-hydrogen) atoms. The zero-order chi connectivity index (χ0) is 15.0. The molecule has 0 aliphatic rings. The summed E-state index contributed by atoms with van der Waals surface area (Å²) in [7, 11) is 0. The molecule has 0 fully saturated rings. The van der Waals surface area contributed by atoms with Crippen molar-refractivity contribution in [1.82, 2.24) is 9.97 Å². The first-order chi connectivity index (χ1) is 10.0. The topological polar surface area (TPSA) is 63.8 Å². The monoisotopic (exact) mass is 338 g/mol. The number of rotatable bonds is 2. The van der Waals surface area contributed by atoms with Gasteiger partial charge in [0.2, 0.25) is 0 Å². The number of hydrogen-bond donors (Lipinski definition) is 2. The Balaban J connectivity index is 2.10. The van der Waals surface area contributed by atoms with Gasteiger partial charge in [-0.05, 0) is 30.3 Å². The summed E-state index contributed by atoms with van der Waals surface area (Å²) in [5, 5.41) is 5.16. The van der Waals surface area contributed by atoms with Crippen molar-refractivity contribution in [1.29, 1.82) is 0 Å². The summed E-state index contributed by atoms with van der Waals surface area (Å²) in [5.74, 6) is 0.590. The number of nitrogens with zero attached hydrogens (tertiary/aromatic N) is 2. The molecule has 7 heteroatoms. The van der Waals surface area contributed by atoms with Crippen LogP contribution >= 0.6 is 34.8 Å². The Morgan fingerprint density at radius 1 is 0.905 bits per heavy atom. The van der Waals surface area contributed by atoms with Crippen LogP contribution in [-0.2, 0) is 0 Å². The first-order valence-electron chi connectivity index (χ1n) is 5.96. The lowest BCUT2D eigenvalue weighted by Crippen LogP contribution is -1.97. The first kappa shape index (κ1) is 14.2. The molecule has 4 nitrogen and oxygen atoms in total. The van der Waals surface area contributed by atoms with Crippen molar-refractivity contribution in [3.63, 3.8) is 0 Å². The molecule has 0 saturated heterocycles. The van der Waals surface area contributed by atoms with Crippen LogP contribution in [0.15, 0.2) is 36.7 Å². The fraction of sp³-hybridized carbons (Fsp3) is 0. The highest BCUT2D eigenvalue weighted by molar-refractivity contribution is 6.44. The van der Waals surface area contributed by atoms with Gasteiger partial charge >= 0.3 is 0 Å². The van der Waals surface area contributed by atoms with E-state index < -0.39 is 0 Å². The summed E-state index contributed by atoms with van der Waals surface area (Å²) < 4.78 is 0. The minimum Gasteiger partial charge on any atom is -0.399 e. The third-order valence-corrected chi connectivity index (χ3v) is 3.96. The van der Waals surface area contributed by atoms with Gasteiger partial charge in [-0.25, -0.2) is 9.97 Å². The normalized spacial score (nSPS) is 10.8. The Kier molecular flexibility index (Phi) is 3.76. The first-order valence-corrected chi connectivity index (χ1v) is 7.10. The quantitative estimate of drug-likeness (QED) is 0.514. The zero-order valence-corrected chi connectivity index (χ0v) is 12.8. The van der Waals surface area contributed by atoms with Crippen LogP contribution in [0.1, 0.15) is 0 Å². The van der Waals surface area contributed by atoms with Crippen molar-refractivity contribution in [2.75, 3.05) is 11.1 Å². The second-order valence-corrected chi connectivity index (χ2v) is 5.59. The van der Waals surface area contributed by atoms with Crippen LogP contribution in [-0.4, -0.2) is 9.97 Å². The molecule has 0 unspecified atom stereocenters. The van der Waals surface area contributed by atoms with E-state index in [1.165, 1.54) is 6.33 Å². The molecule has 2 aromatic carbocycles. The van der Waals surface area contributed by atoms with E-state index in [0.29, 0.717) is 32.3 Å². The Morgan fingerprint density at radius 2 is 1.67 bits per heavy atom. The van der Waals surface area contributed by atoms with Gasteiger partial charge < -0.3 is 11.1 Å². The average Bonchev–Trinajstić information content (AvgIpc) is 2.45. The molecule has 3 aromatic rings. The van der Waals surface area contributed by atoms with E-state index in [4.69, 9.17) is 40.5 Å². The standard InChI is InChI=1S/C14H9Cl3N4/c15-9-4-11(17)13(5-10(9)16)21-14-8-3-7(18)1-2-12(8)19-6-20-14/h1-6H,18H2,(H,19,20,21). The lowest BCUT2D eigenvalue weighted by Gasteiger charge is -2.11.